The quantitative estimate of drug-likeness (QED) is 0.919. The third kappa shape index (κ3) is 3.38. The molecule has 108 valence electrons. The Balaban J connectivity index is 2.19. The molecule has 1 N–H and O–H groups in total. The van der Waals surface area contributed by atoms with Gasteiger partial charge in [0.05, 0.1) is 22.1 Å². The number of halogens is 1. The van der Waals surface area contributed by atoms with Crippen molar-refractivity contribution < 1.29 is 0 Å². The zero-order valence-electron chi connectivity index (χ0n) is 12.4. The highest BCUT2D eigenvalue weighted by molar-refractivity contribution is 6.31. The molecular formula is C15H21ClN4. The van der Waals surface area contributed by atoms with Crippen molar-refractivity contribution in [1.82, 2.24) is 20.1 Å². The Morgan fingerprint density at radius 2 is 2.05 bits per heavy atom. The van der Waals surface area contributed by atoms with Gasteiger partial charge in [-0.1, -0.05) is 31.5 Å². The van der Waals surface area contributed by atoms with Gasteiger partial charge in [0.25, 0.3) is 0 Å². The molecule has 2 rings (SSSR count). The second-order valence-electron chi connectivity index (χ2n) is 5.41. The maximum Gasteiger partial charge on any atom is 0.154 e. The van der Waals surface area contributed by atoms with E-state index in [1.165, 1.54) is 0 Å². The molecule has 0 fully saturated rings. The van der Waals surface area contributed by atoms with E-state index in [4.69, 9.17) is 11.6 Å². The lowest BCUT2D eigenvalue weighted by molar-refractivity contribution is 0.547. The first-order valence-electron chi connectivity index (χ1n) is 6.87. The third-order valence-corrected chi connectivity index (χ3v) is 3.62. The summed E-state index contributed by atoms with van der Waals surface area (Å²) >= 11 is 6.18. The van der Waals surface area contributed by atoms with Crippen molar-refractivity contribution in [3.63, 3.8) is 0 Å². The van der Waals surface area contributed by atoms with Crippen molar-refractivity contribution in [2.24, 2.45) is 5.92 Å². The minimum Gasteiger partial charge on any atom is -0.311 e. The van der Waals surface area contributed by atoms with Gasteiger partial charge in [0.15, 0.2) is 5.82 Å². The van der Waals surface area contributed by atoms with Gasteiger partial charge in [-0.05, 0) is 38.4 Å². The van der Waals surface area contributed by atoms with Crippen molar-refractivity contribution in [1.29, 1.82) is 0 Å². The highest BCUT2D eigenvalue weighted by Gasteiger charge is 2.11. The molecular weight excluding hydrogens is 272 g/mol. The largest absolute Gasteiger partial charge is 0.311 e. The van der Waals surface area contributed by atoms with Crippen molar-refractivity contribution in [3.8, 4) is 5.82 Å². The zero-order valence-corrected chi connectivity index (χ0v) is 13.2. The monoisotopic (exact) mass is 292 g/mol. The third-order valence-electron chi connectivity index (χ3n) is 3.07. The molecule has 0 spiro atoms. The molecule has 0 aliphatic rings. The lowest BCUT2D eigenvalue weighted by Crippen LogP contribution is -2.20. The Bertz CT molecular complexity index is 590. The molecule has 20 heavy (non-hydrogen) atoms. The lowest BCUT2D eigenvalue weighted by Gasteiger charge is -2.09. The smallest absolute Gasteiger partial charge is 0.154 e. The van der Waals surface area contributed by atoms with Gasteiger partial charge in [0, 0.05) is 6.54 Å². The molecule has 5 heteroatoms. The normalized spacial score (nSPS) is 11.3. The van der Waals surface area contributed by atoms with E-state index in [1.54, 1.807) is 4.68 Å². The van der Waals surface area contributed by atoms with E-state index >= 15 is 0 Å². The van der Waals surface area contributed by atoms with Crippen LogP contribution in [0.2, 0.25) is 5.02 Å². The molecule has 0 bridgehead atoms. The molecule has 0 aliphatic carbocycles. The maximum atomic E-state index is 6.18. The topological polar surface area (TPSA) is 42.7 Å². The van der Waals surface area contributed by atoms with E-state index in [0.717, 1.165) is 36.0 Å². The summed E-state index contributed by atoms with van der Waals surface area (Å²) in [6, 6.07) is 5.96. The molecule has 0 aromatic carbocycles. The fraction of sp³-hybridized carbons (Fsp3) is 0.467. The molecule has 0 amide bonds. The number of nitrogens with zero attached hydrogens (tertiary/aromatic N) is 3. The number of aromatic nitrogens is 3. The van der Waals surface area contributed by atoms with Crippen LogP contribution in [0.4, 0.5) is 0 Å². The number of rotatable bonds is 5. The van der Waals surface area contributed by atoms with Crippen LogP contribution < -0.4 is 5.32 Å². The minimum atomic E-state index is 0.632. The molecule has 0 saturated carbocycles. The lowest BCUT2D eigenvalue weighted by atomic mass is 10.2. The number of aryl methyl sites for hydroxylation is 1. The van der Waals surface area contributed by atoms with Gasteiger partial charge in [-0.2, -0.15) is 5.10 Å². The van der Waals surface area contributed by atoms with Crippen LogP contribution in [0.3, 0.4) is 0 Å². The van der Waals surface area contributed by atoms with Crippen LogP contribution in [0.25, 0.3) is 5.82 Å². The Morgan fingerprint density at radius 1 is 1.30 bits per heavy atom. The number of pyridine rings is 1. The summed E-state index contributed by atoms with van der Waals surface area (Å²) in [5.74, 6) is 1.44. The van der Waals surface area contributed by atoms with Crippen LogP contribution in [0.15, 0.2) is 18.2 Å². The van der Waals surface area contributed by atoms with Crippen LogP contribution in [0, 0.1) is 19.8 Å². The molecule has 0 atom stereocenters. The maximum absolute atomic E-state index is 6.18. The molecule has 4 nitrogen and oxygen atoms in total. The van der Waals surface area contributed by atoms with Gasteiger partial charge in [0.1, 0.15) is 0 Å². The number of hydrogen-bond acceptors (Lipinski definition) is 3. The van der Waals surface area contributed by atoms with E-state index in [9.17, 15) is 0 Å². The molecule has 2 aromatic heterocycles. The average molecular weight is 293 g/mol. The first-order chi connectivity index (χ1) is 9.49. The Morgan fingerprint density at radius 3 is 2.65 bits per heavy atom. The van der Waals surface area contributed by atoms with Crippen LogP contribution >= 0.6 is 11.6 Å². The zero-order chi connectivity index (χ0) is 14.7. The Kier molecular flexibility index (Phi) is 4.78. The second-order valence-corrected chi connectivity index (χ2v) is 5.79. The predicted octanol–water partition coefficient (Wildman–Crippen LogP) is 3.28. The summed E-state index contributed by atoms with van der Waals surface area (Å²) in [5.41, 5.74) is 2.75. The molecule has 0 saturated heterocycles. The van der Waals surface area contributed by atoms with Gasteiger partial charge in [-0.15, -0.1) is 0 Å². The summed E-state index contributed by atoms with van der Waals surface area (Å²) in [5, 5.41) is 8.53. The summed E-state index contributed by atoms with van der Waals surface area (Å²) < 4.78 is 1.80. The van der Waals surface area contributed by atoms with Crippen molar-refractivity contribution in [2.75, 3.05) is 6.54 Å². The van der Waals surface area contributed by atoms with Crippen molar-refractivity contribution in [2.45, 2.75) is 34.2 Å². The first-order valence-corrected chi connectivity index (χ1v) is 7.25. The van der Waals surface area contributed by atoms with Crippen LogP contribution in [0.5, 0.6) is 0 Å². The Labute approximate surface area is 125 Å². The molecule has 2 heterocycles. The highest BCUT2D eigenvalue weighted by atomic mass is 35.5. The van der Waals surface area contributed by atoms with Crippen LogP contribution in [-0.2, 0) is 6.54 Å². The highest BCUT2D eigenvalue weighted by Crippen LogP contribution is 2.21. The fourth-order valence-electron chi connectivity index (χ4n) is 2.02. The van der Waals surface area contributed by atoms with E-state index in [0.29, 0.717) is 10.9 Å². The van der Waals surface area contributed by atoms with E-state index < -0.39 is 0 Å². The number of hydrogen-bond donors (Lipinski definition) is 1. The average Bonchev–Trinajstić information content (AvgIpc) is 2.66. The summed E-state index contributed by atoms with van der Waals surface area (Å²) in [6.07, 6.45) is 0. The SMILES string of the molecule is Cc1nn(-c2cccc(CNCC(C)C)n2)c(C)c1Cl. The standard InChI is InChI=1S/C15H21ClN4/c1-10(2)8-17-9-13-6-5-7-14(18-13)20-12(4)15(16)11(3)19-20/h5-7,10,17H,8-9H2,1-4H3. The predicted molar refractivity (Wildman–Crippen MR) is 82.4 cm³/mol. The van der Waals surface area contributed by atoms with Crippen LogP contribution in [-0.4, -0.2) is 21.3 Å². The van der Waals surface area contributed by atoms with Gasteiger partial charge in [-0.25, -0.2) is 9.67 Å². The van der Waals surface area contributed by atoms with Crippen molar-refractivity contribution in [3.05, 3.63) is 40.3 Å². The first kappa shape index (κ1) is 15.0. The molecule has 0 radical (unpaired) electrons. The Hall–Kier alpha value is -1.39. The van der Waals surface area contributed by atoms with E-state index in [-0.39, 0.29) is 0 Å². The second kappa shape index (κ2) is 6.37. The van der Waals surface area contributed by atoms with Gasteiger partial charge >= 0.3 is 0 Å². The molecule has 0 unspecified atom stereocenters. The fourth-order valence-corrected chi connectivity index (χ4v) is 2.14. The summed E-state index contributed by atoms with van der Waals surface area (Å²) in [6.45, 7) is 9.98. The minimum absolute atomic E-state index is 0.632. The van der Waals surface area contributed by atoms with E-state index in [2.05, 4.69) is 29.2 Å². The molecule has 0 aliphatic heterocycles. The van der Waals surface area contributed by atoms with Gasteiger partial charge in [-0.3, -0.25) is 0 Å². The van der Waals surface area contributed by atoms with E-state index in [1.807, 2.05) is 32.0 Å². The summed E-state index contributed by atoms with van der Waals surface area (Å²) in [7, 11) is 0. The van der Waals surface area contributed by atoms with Gasteiger partial charge < -0.3 is 5.32 Å². The number of nitrogens with one attached hydrogen (secondary N) is 1. The van der Waals surface area contributed by atoms with Gasteiger partial charge in [0.2, 0.25) is 0 Å². The molecule has 2 aromatic rings. The summed E-state index contributed by atoms with van der Waals surface area (Å²) in [4.78, 5) is 4.63. The van der Waals surface area contributed by atoms with Crippen molar-refractivity contribution >= 4 is 11.6 Å². The van der Waals surface area contributed by atoms with Crippen LogP contribution in [0.1, 0.15) is 30.9 Å².